The van der Waals surface area contributed by atoms with Crippen LogP contribution in [0.1, 0.15) is 53.9 Å². The van der Waals surface area contributed by atoms with E-state index in [4.69, 9.17) is 0 Å². The maximum Gasteiger partial charge on any atom is 0.00728 e. The lowest BCUT2D eigenvalue weighted by Gasteiger charge is -2.23. The van der Waals surface area contributed by atoms with Crippen molar-refractivity contribution in [3.63, 3.8) is 0 Å². The average Bonchev–Trinajstić information content (AvgIpc) is 2.52. The van der Waals surface area contributed by atoms with Gasteiger partial charge in [-0.05, 0) is 37.6 Å². The Morgan fingerprint density at radius 3 is 2.08 bits per heavy atom. The Bertz CT molecular complexity index is 99.7. The summed E-state index contributed by atoms with van der Waals surface area (Å²) >= 11 is 0. The van der Waals surface area contributed by atoms with E-state index in [0.29, 0.717) is 0 Å². The molecule has 1 saturated heterocycles. The molecule has 3 atom stereocenters. The molecule has 2 aliphatic rings. The molecular formula is C12H27N. The molecule has 2 rings (SSSR count). The molecule has 2 fully saturated rings. The highest BCUT2D eigenvalue weighted by molar-refractivity contribution is 4.88. The molecule has 0 radical (unpaired) electrons. The quantitative estimate of drug-likeness (QED) is 0.609. The highest BCUT2D eigenvalue weighted by atomic mass is 15.0. The molecule has 3 unspecified atom stereocenters. The summed E-state index contributed by atoms with van der Waals surface area (Å²) in [5.74, 6) is 2.02. The predicted molar refractivity (Wildman–Crippen MR) is 61.0 cm³/mol. The zero-order valence-electron chi connectivity index (χ0n) is 10.1. The van der Waals surface area contributed by atoms with E-state index in [9.17, 15) is 0 Å². The first-order valence-electron chi connectivity index (χ1n) is 6.08. The fourth-order valence-electron chi connectivity index (χ4n) is 2.41. The largest absolute Gasteiger partial charge is 0.314 e. The normalized spacial score (nSPS) is 35.3. The molecule has 1 heterocycles. The zero-order chi connectivity index (χ0) is 10.3. The van der Waals surface area contributed by atoms with Crippen LogP contribution in [0.4, 0.5) is 0 Å². The Labute approximate surface area is 84.3 Å². The molecule has 1 nitrogen and oxygen atoms in total. The van der Waals surface area contributed by atoms with Crippen molar-refractivity contribution in [3.8, 4) is 0 Å². The molecule has 1 N–H and O–H groups in total. The maximum absolute atomic E-state index is 3.55. The van der Waals surface area contributed by atoms with Gasteiger partial charge in [0.05, 0.1) is 0 Å². The van der Waals surface area contributed by atoms with Gasteiger partial charge in [-0.2, -0.15) is 0 Å². The van der Waals surface area contributed by atoms with Crippen molar-refractivity contribution in [2.75, 3.05) is 6.54 Å². The van der Waals surface area contributed by atoms with E-state index in [1.165, 1.54) is 25.8 Å². The van der Waals surface area contributed by atoms with Crippen molar-refractivity contribution in [3.05, 3.63) is 0 Å². The first kappa shape index (κ1) is 13.0. The Morgan fingerprint density at radius 2 is 1.54 bits per heavy atom. The third-order valence-corrected chi connectivity index (χ3v) is 2.74. The number of hydrogen-bond donors (Lipinski definition) is 1. The SMILES string of the molecule is CC.CC.CC1CC2CNC(C1)C2. The zero-order valence-corrected chi connectivity index (χ0v) is 10.1. The van der Waals surface area contributed by atoms with E-state index in [1.807, 2.05) is 27.7 Å². The van der Waals surface area contributed by atoms with Crippen LogP contribution < -0.4 is 5.32 Å². The molecule has 1 aliphatic carbocycles. The van der Waals surface area contributed by atoms with E-state index in [-0.39, 0.29) is 0 Å². The lowest BCUT2D eigenvalue weighted by molar-refractivity contribution is 0.318. The second kappa shape index (κ2) is 7.37. The van der Waals surface area contributed by atoms with Crippen LogP contribution in [0.3, 0.4) is 0 Å². The highest BCUT2D eigenvalue weighted by Crippen LogP contribution is 2.32. The van der Waals surface area contributed by atoms with Gasteiger partial charge in [-0.1, -0.05) is 34.6 Å². The van der Waals surface area contributed by atoms with Gasteiger partial charge in [-0.15, -0.1) is 0 Å². The van der Waals surface area contributed by atoms with E-state index in [0.717, 1.165) is 17.9 Å². The van der Waals surface area contributed by atoms with Gasteiger partial charge in [0.1, 0.15) is 0 Å². The molecule has 0 aromatic heterocycles. The van der Waals surface area contributed by atoms with Gasteiger partial charge in [-0.25, -0.2) is 0 Å². The minimum absolute atomic E-state index is 0.888. The van der Waals surface area contributed by atoms with E-state index in [1.54, 1.807) is 0 Å². The molecule has 2 bridgehead atoms. The standard InChI is InChI=1S/C8H15N.2C2H6/c1-6-2-7-4-8(3-6)9-5-7;2*1-2/h6-9H,2-5H2,1H3;2*1-2H3. The third-order valence-electron chi connectivity index (χ3n) is 2.74. The molecule has 0 amide bonds. The van der Waals surface area contributed by atoms with Crippen LogP contribution in [0, 0.1) is 11.8 Å². The first-order valence-corrected chi connectivity index (χ1v) is 6.08. The molecular weight excluding hydrogens is 158 g/mol. The van der Waals surface area contributed by atoms with Crippen LogP contribution in [0.2, 0.25) is 0 Å². The number of hydrogen-bond acceptors (Lipinski definition) is 1. The third kappa shape index (κ3) is 4.12. The minimum Gasteiger partial charge on any atom is -0.314 e. The second-order valence-electron chi connectivity index (χ2n) is 3.78. The molecule has 80 valence electrons. The summed E-state index contributed by atoms with van der Waals surface area (Å²) in [5.41, 5.74) is 0. The van der Waals surface area contributed by atoms with Crippen LogP contribution in [0.15, 0.2) is 0 Å². The molecule has 13 heavy (non-hydrogen) atoms. The van der Waals surface area contributed by atoms with Gasteiger partial charge in [0, 0.05) is 6.04 Å². The average molecular weight is 185 g/mol. The van der Waals surface area contributed by atoms with E-state index < -0.39 is 0 Å². The molecule has 1 heteroatoms. The van der Waals surface area contributed by atoms with Crippen molar-refractivity contribution in [1.29, 1.82) is 0 Å². The Kier molecular flexibility index (Phi) is 7.35. The van der Waals surface area contributed by atoms with Crippen LogP contribution >= 0.6 is 0 Å². The predicted octanol–water partition coefficient (Wildman–Crippen LogP) is 3.45. The van der Waals surface area contributed by atoms with Gasteiger partial charge in [-0.3, -0.25) is 0 Å². The van der Waals surface area contributed by atoms with Gasteiger partial charge in [0.2, 0.25) is 0 Å². The fourth-order valence-corrected chi connectivity index (χ4v) is 2.41. The molecule has 0 spiro atoms. The number of rotatable bonds is 0. The number of nitrogens with one attached hydrogen (secondary N) is 1. The lowest BCUT2D eigenvalue weighted by atomic mass is 9.83. The van der Waals surface area contributed by atoms with Crippen LogP contribution in [-0.2, 0) is 0 Å². The van der Waals surface area contributed by atoms with Gasteiger partial charge in [0.15, 0.2) is 0 Å². The second-order valence-corrected chi connectivity index (χ2v) is 3.78. The van der Waals surface area contributed by atoms with Crippen molar-refractivity contribution >= 4 is 0 Å². The first-order chi connectivity index (χ1) is 6.34. The summed E-state index contributed by atoms with van der Waals surface area (Å²) in [5, 5.41) is 3.55. The van der Waals surface area contributed by atoms with Crippen LogP contribution in [0.5, 0.6) is 0 Å². The topological polar surface area (TPSA) is 12.0 Å². The smallest absolute Gasteiger partial charge is 0.00728 e. The maximum atomic E-state index is 3.55. The van der Waals surface area contributed by atoms with Crippen molar-refractivity contribution in [1.82, 2.24) is 5.32 Å². The summed E-state index contributed by atoms with van der Waals surface area (Å²) in [6.07, 6.45) is 4.37. The summed E-state index contributed by atoms with van der Waals surface area (Å²) in [7, 11) is 0. The summed E-state index contributed by atoms with van der Waals surface area (Å²) in [6.45, 7) is 11.7. The Balaban J connectivity index is 0.000000322. The minimum atomic E-state index is 0.888. The van der Waals surface area contributed by atoms with E-state index in [2.05, 4.69) is 12.2 Å². The van der Waals surface area contributed by atoms with E-state index >= 15 is 0 Å². The summed E-state index contributed by atoms with van der Waals surface area (Å²) < 4.78 is 0. The van der Waals surface area contributed by atoms with Gasteiger partial charge in [0.25, 0.3) is 0 Å². The van der Waals surface area contributed by atoms with Crippen molar-refractivity contribution in [2.24, 2.45) is 11.8 Å². The highest BCUT2D eigenvalue weighted by Gasteiger charge is 2.31. The Hall–Kier alpha value is -0.0400. The molecule has 1 saturated carbocycles. The van der Waals surface area contributed by atoms with Crippen LogP contribution in [0.25, 0.3) is 0 Å². The van der Waals surface area contributed by atoms with Gasteiger partial charge < -0.3 is 5.32 Å². The van der Waals surface area contributed by atoms with Crippen molar-refractivity contribution < 1.29 is 0 Å². The van der Waals surface area contributed by atoms with Gasteiger partial charge >= 0.3 is 0 Å². The fraction of sp³-hybridized carbons (Fsp3) is 1.00. The lowest BCUT2D eigenvalue weighted by Crippen LogP contribution is -2.23. The van der Waals surface area contributed by atoms with Crippen molar-refractivity contribution in [2.45, 2.75) is 59.9 Å². The Morgan fingerprint density at radius 1 is 0.923 bits per heavy atom. The number of fused-ring (bicyclic) bond motifs is 2. The molecule has 1 aliphatic heterocycles. The summed E-state index contributed by atoms with van der Waals surface area (Å²) in [4.78, 5) is 0. The molecule has 0 aromatic rings. The summed E-state index contributed by atoms with van der Waals surface area (Å²) in [6, 6.07) is 0.888. The van der Waals surface area contributed by atoms with Crippen LogP contribution in [-0.4, -0.2) is 12.6 Å². The molecule has 0 aromatic carbocycles. The monoisotopic (exact) mass is 185 g/mol.